The predicted molar refractivity (Wildman–Crippen MR) is 77.9 cm³/mol. The van der Waals surface area contributed by atoms with Crippen molar-refractivity contribution in [1.82, 2.24) is 0 Å². The normalized spacial score (nSPS) is 11.0. The first-order chi connectivity index (χ1) is 9.44. The average Bonchev–Trinajstić information content (AvgIpc) is 2.38. The molecular formula is C14H11ClN2O2S. The van der Waals surface area contributed by atoms with Crippen LogP contribution in [-0.4, -0.2) is 8.42 Å². The fourth-order valence-electron chi connectivity index (χ4n) is 1.84. The third kappa shape index (κ3) is 2.93. The van der Waals surface area contributed by atoms with E-state index >= 15 is 0 Å². The lowest BCUT2D eigenvalue weighted by Gasteiger charge is -2.09. The Balaban J connectivity index is 2.44. The maximum absolute atomic E-state index is 12.4. The number of nitriles is 1. The molecule has 2 aromatic rings. The first-order valence-corrected chi connectivity index (χ1v) is 7.73. The minimum Gasteiger partial charge on any atom is -0.398 e. The second-order valence-corrected chi connectivity index (χ2v) is 6.60. The summed E-state index contributed by atoms with van der Waals surface area (Å²) in [6.45, 7) is 0. The van der Waals surface area contributed by atoms with Gasteiger partial charge in [0.1, 0.15) is 0 Å². The Morgan fingerprint density at radius 3 is 2.55 bits per heavy atom. The van der Waals surface area contributed by atoms with Gasteiger partial charge in [0.15, 0.2) is 9.84 Å². The van der Waals surface area contributed by atoms with Crippen LogP contribution in [0.15, 0.2) is 47.4 Å². The zero-order valence-corrected chi connectivity index (χ0v) is 11.9. The Hall–Kier alpha value is -2.03. The molecule has 0 bridgehead atoms. The van der Waals surface area contributed by atoms with E-state index in [-0.39, 0.29) is 16.3 Å². The van der Waals surface area contributed by atoms with Crippen LogP contribution in [0.4, 0.5) is 5.69 Å². The van der Waals surface area contributed by atoms with Crippen molar-refractivity contribution in [2.24, 2.45) is 0 Å². The van der Waals surface area contributed by atoms with E-state index in [1.54, 1.807) is 24.3 Å². The van der Waals surface area contributed by atoms with Crippen LogP contribution in [0.25, 0.3) is 0 Å². The molecule has 2 aromatic carbocycles. The molecule has 0 amide bonds. The predicted octanol–water partition coefficient (Wildman–Crippen LogP) is 2.77. The van der Waals surface area contributed by atoms with Crippen molar-refractivity contribution in [3.63, 3.8) is 0 Å². The van der Waals surface area contributed by atoms with Crippen LogP contribution in [0.1, 0.15) is 11.1 Å². The van der Waals surface area contributed by atoms with Crippen molar-refractivity contribution < 1.29 is 8.42 Å². The molecule has 0 aliphatic rings. The molecule has 20 heavy (non-hydrogen) atoms. The molecule has 0 fully saturated rings. The number of sulfone groups is 1. The SMILES string of the molecule is N#Cc1ccccc1CS(=O)(=O)c1ccc(Cl)cc1N. The molecule has 0 radical (unpaired) electrons. The maximum atomic E-state index is 12.4. The number of halogens is 1. The number of anilines is 1. The Morgan fingerprint density at radius 1 is 1.20 bits per heavy atom. The smallest absolute Gasteiger partial charge is 0.184 e. The Morgan fingerprint density at radius 2 is 1.90 bits per heavy atom. The van der Waals surface area contributed by atoms with Crippen molar-refractivity contribution in [1.29, 1.82) is 5.26 Å². The molecule has 2 N–H and O–H groups in total. The van der Waals surface area contributed by atoms with E-state index in [1.807, 2.05) is 6.07 Å². The van der Waals surface area contributed by atoms with Gasteiger partial charge in [-0.05, 0) is 29.8 Å². The van der Waals surface area contributed by atoms with Gasteiger partial charge in [0.2, 0.25) is 0 Å². The third-order valence-electron chi connectivity index (χ3n) is 2.79. The van der Waals surface area contributed by atoms with Gasteiger partial charge in [-0.1, -0.05) is 29.8 Å². The molecule has 0 aliphatic heterocycles. The molecule has 6 heteroatoms. The van der Waals surface area contributed by atoms with Gasteiger partial charge in [-0.3, -0.25) is 0 Å². The van der Waals surface area contributed by atoms with E-state index < -0.39 is 9.84 Å². The van der Waals surface area contributed by atoms with E-state index in [0.717, 1.165) is 0 Å². The van der Waals surface area contributed by atoms with E-state index in [2.05, 4.69) is 0 Å². The highest BCUT2D eigenvalue weighted by molar-refractivity contribution is 7.90. The number of hydrogen-bond acceptors (Lipinski definition) is 4. The van der Waals surface area contributed by atoms with E-state index in [4.69, 9.17) is 22.6 Å². The highest BCUT2D eigenvalue weighted by atomic mass is 35.5. The fourth-order valence-corrected chi connectivity index (χ4v) is 3.53. The molecule has 0 saturated carbocycles. The Labute approximate surface area is 122 Å². The zero-order valence-electron chi connectivity index (χ0n) is 10.4. The van der Waals surface area contributed by atoms with Crippen molar-refractivity contribution in [2.75, 3.05) is 5.73 Å². The number of nitrogens with zero attached hydrogens (tertiary/aromatic N) is 1. The van der Waals surface area contributed by atoms with Crippen molar-refractivity contribution >= 4 is 27.1 Å². The van der Waals surface area contributed by atoms with Gasteiger partial charge in [-0.2, -0.15) is 5.26 Å². The van der Waals surface area contributed by atoms with Crippen LogP contribution >= 0.6 is 11.6 Å². The molecule has 0 aromatic heterocycles. The Kier molecular flexibility index (Phi) is 3.98. The molecule has 0 saturated heterocycles. The van der Waals surface area contributed by atoms with Gasteiger partial charge in [0, 0.05) is 5.02 Å². The fraction of sp³-hybridized carbons (Fsp3) is 0.0714. The van der Waals surface area contributed by atoms with Crippen LogP contribution in [0.3, 0.4) is 0 Å². The number of hydrogen-bond donors (Lipinski definition) is 1. The largest absolute Gasteiger partial charge is 0.398 e. The van der Waals surface area contributed by atoms with Gasteiger partial charge in [0.25, 0.3) is 0 Å². The van der Waals surface area contributed by atoms with Gasteiger partial charge < -0.3 is 5.73 Å². The highest BCUT2D eigenvalue weighted by Gasteiger charge is 2.20. The molecule has 0 unspecified atom stereocenters. The van der Waals surface area contributed by atoms with Crippen LogP contribution in [0.5, 0.6) is 0 Å². The van der Waals surface area contributed by atoms with Gasteiger partial charge in [-0.15, -0.1) is 0 Å². The lowest BCUT2D eigenvalue weighted by Crippen LogP contribution is -2.09. The molecule has 0 heterocycles. The first kappa shape index (κ1) is 14.4. The lowest BCUT2D eigenvalue weighted by molar-refractivity contribution is 0.595. The summed E-state index contributed by atoms with van der Waals surface area (Å²) in [5.74, 6) is -0.275. The minimum atomic E-state index is -3.63. The monoisotopic (exact) mass is 306 g/mol. The van der Waals surface area contributed by atoms with Crippen molar-refractivity contribution in [2.45, 2.75) is 10.6 Å². The van der Waals surface area contributed by atoms with E-state index in [0.29, 0.717) is 16.1 Å². The van der Waals surface area contributed by atoms with Crippen LogP contribution < -0.4 is 5.73 Å². The summed E-state index contributed by atoms with van der Waals surface area (Å²) in [5, 5.41) is 9.36. The molecule has 0 atom stereocenters. The number of nitrogen functional groups attached to an aromatic ring is 1. The van der Waals surface area contributed by atoms with Crippen LogP contribution in [-0.2, 0) is 15.6 Å². The zero-order chi connectivity index (χ0) is 14.8. The molecule has 2 rings (SSSR count). The third-order valence-corrected chi connectivity index (χ3v) is 4.76. The van der Waals surface area contributed by atoms with Crippen molar-refractivity contribution in [3.8, 4) is 6.07 Å². The average molecular weight is 307 g/mol. The molecular weight excluding hydrogens is 296 g/mol. The summed E-state index contributed by atoms with van der Waals surface area (Å²) in [6.07, 6.45) is 0. The molecule has 0 spiro atoms. The molecule has 102 valence electrons. The van der Waals surface area contributed by atoms with Crippen molar-refractivity contribution in [3.05, 3.63) is 58.6 Å². The quantitative estimate of drug-likeness (QED) is 0.884. The topological polar surface area (TPSA) is 84.0 Å². The van der Waals surface area contributed by atoms with E-state index in [1.165, 1.54) is 18.2 Å². The maximum Gasteiger partial charge on any atom is 0.184 e. The number of nitrogens with two attached hydrogens (primary N) is 1. The molecule has 4 nitrogen and oxygen atoms in total. The van der Waals surface area contributed by atoms with Gasteiger partial charge >= 0.3 is 0 Å². The highest BCUT2D eigenvalue weighted by Crippen LogP contribution is 2.26. The summed E-state index contributed by atoms with van der Waals surface area (Å²) < 4.78 is 24.7. The van der Waals surface area contributed by atoms with Crippen LogP contribution in [0.2, 0.25) is 5.02 Å². The summed E-state index contributed by atoms with van der Waals surface area (Å²) >= 11 is 5.76. The minimum absolute atomic E-state index is 0.0228. The summed E-state index contributed by atoms with van der Waals surface area (Å²) in [4.78, 5) is 0.0228. The first-order valence-electron chi connectivity index (χ1n) is 5.70. The lowest BCUT2D eigenvalue weighted by atomic mass is 10.1. The molecule has 0 aliphatic carbocycles. The Bertz CT molecular complexity index is 795. The summed E-state index contributed by atoms with van der Waals surface area (Å²) in [6, 6.07) is 12.8. The van der Waals surface area contributed by atoms with Gasteiger partial charge in [-0.25, -0.2) is 8.42 Å². The standard InChI is InChI=1S/C14H11ClN2O2S/c15-12-5-6-14(13(17)7-12)20(18,19)9-11-4-2-1-3-10(11)8-16/h1-7H,9,17H2. The second-order valence-electron chi connectivity index (χ2n) is 4.21. The number of rotatable bonds is 3. The van der Waals surface area contributed by atoms with E-state index in [9.17, 15) is 8.42 Å². The second kappa shape index (κ2) is 5.53. The number of benzene rings is 2. The van der Waals surface area contributed by atoms with Crippen LogP contribution in [0, 0.1) is 11.3 Å². The summed E-state index contributed by atoms with van der Waals surface area (Å²) in [7, 11) is -3.63. The summed E-state index contributed by atoms with van der Waals surface area (Å²) in [5.41, 5.74) is 6.59. The van der Waals surface area contributed by atoms with Gasteiger partial charge in [0.05, 0.1) is 28.0 Å².